The number of β-lactam (4-membered cyclic amide) rings is 1. The van der Waals surface area contributed by atoms with Gasteiger partial charge in [0.1, 0.15) is 17.2 Å². The quantitative estimate of drug-likeness (QED) is 0.854. The van der Waals surface area contributed by atoms with Crippen LogP contribution in [0.15, 0.2) is 42.1 Å². The number of thioether (sulfide) groups is 1. The molecule has 3 rings (SSSR count). The summed E-state index contributed by atoms with van der Waals surface area (Å²) in [6.07, 6.45) is 1.87. The molecule has 0 aromatic heterocycles. The highest BCUT2D eigenvalue weighted by atomic mass is 32.2. The SMILES string of the molecule is CC1=CN2C(=O)C(NC(=O)COc3ccccc3)[C@@H]2SC1. The molecule has 0 aliphatic carbocycles. The molecule has 0 saturated carbocycles. The molecule has 110 valence electrons. The Morgan fingerprint density at radius 2 is 2.19 bits per heavy atom. The third kappa shape index (κ3) is 2.90. The van der Waals surface area contributed by atoms with E-state index in [1.165, 1.54) is 5.57 Å². The number of carbonyl (C=O) groups excluding carboxylic acids is 2. The van der Waals surface area contributed by atoms with Gasteiger partial charge in [-0.1, -0.05) is 18.2 Å². The first kappa shape index (κ1) is 14.0. The van der Waals surface area contributed by atoms with Crippen molar-refractivity contribution in [3.8, 4) is 5.75 Å². The molecule has 21 heavy (non-hydrogen) atoms. The van der Waals surface area contributed by atoms with E-state index in [2.05, 4.69) is 5.32 Å². The van der Waals surface area contributed by atoms with Gasteiger partial charge in [-0.25, -0.2) is 0 Å². The van der Waals surface area contributed by atoms with Gasteiger partial charge in [0.05, 0.1) is 0 Å². The Kier molecular flexibility index (Phi) is 3.88. The monoisotopic (exact) mass is 304 g/mol. The number of rotatable bonds is 4. The van der Waals surface area contributed by atoms with E-state index < -0.39 is 6.04 Å². The van der Waals surface area contributed by atoms with Crippen LogP contribution in [0, 0.1) is 0 Å². The highest BCUT2D eigenvalue weighted by molar-refractivity contribution is 8.00. The number of hydrogen-bond donors (Lipinski definition) is 1. The van der Waals surface area contributed by atoms with Gasteiger partial charge in [0.2, 0.25) is 0 Å². The molecule has 0 radical (unpaired) electrons. The van der Waals surface area contributed by atoms with Crippen molar-refractivity contribution in [3.05, 3.63) is 42.1 Å². The van der Waals surface area contributed by atoms with Crippen molar-refractivity contribution in [2.45, 2.75) is 18.3 Å². The number of para-hydroxylation sites is 1. The lowest BCUT2D eigenvalue weighted by atomic mass is 10.1. The normalized spacial score (nSPS) is 23.8. The third-order valence-corrected chi connectivity index (χ3v) is 4.81. The first-order valence-corrected chi connectivity index (χ1v) is 7.78. The average molecular weight is 304 g/mol. The van der Waals surface area contributed by atoms with Crippen LogP contribution >= 0.6 is 11.8 Å². The van der Waals surface area contributed by atoms with Crippen LogP contribution in [-0.2, 0) is 9.59 Å². The average Bonchev–Trinajstić information content (AvgIpc) is 2.51. The Hall–Kier alpha value is -1.95. The number of hydrogen-bond acceptors (Lipinski definition) is 4. The van der Waals surface area contributed by atoms with Gasteiger partial charge >= 0.3 is 0 Å². The number of nitrogens with zero attached hydrogens (tertiary/aromatic N) is 1. The van der Waals surface area contributed by atoms with Gasteiger partial charge in [-0.2, -0.15) is 0 Å². The van der Waals surface area contributed by atoms with Gasteiger partial charge in [-0.15, -0.1) is 11.8 Å². The maximum absolute atomic E-state index is 12.0. The zero-order valence-electron chi connectivity index (χ0n) is 11.6. The molecule has 1 unspecified atom stereocenters. The second kappa shape index (κ2) is 5.81. The van der Waals surface area contributed by atoms with E-state index >= 15 is 0 Å². The minimum Gasteiger partial charge on any atom is -0.484 e. The van der Waals surface area contributed by atoms with E-state index in [1.807, 2.05) is 31.3 Å². The summed E-state index contributed by atoms with van der Waals surface area (Å²) in [6.45, 7) is 1.91. The van der Waals surface area contributed by atoms with Crippen molar-refractivity contribution in [2.24, 2.45) is 0 Å². The van der Waals surface area contributed by atoms with Gasteiger partial charge < -0.3 is 15.0 Å². The Morgan fingerprint density at radius 1 is 1.43 bits per heavy atom. The Bertz CT molecular complexity index is 588. The number of fused-ring (bicyclic) bond motifs is 1. The van der Waals surface area contributed by atoms with E-state index in [-0.39, 0.29) is 23.8 Å². The summed E-state index contributed by atoms with van der Waals surface area (Å²) < 4.78 is 5.37. The molecule has 1 saturated heterocycles. The summed E-state index contributed by atoms with van der Waals surface area (Å²) in [5.41, 5.74) is 1.17. The third-order valence-electron chi connectivity index (χ3n) is 3.35. The predicted octanol–water partition coefficient (Wildman–Crippen LogP) is 1.37. The molecule has 1 fully saturated rings. The second-order valence-corrected chi connectivity index (χ2v) is 6.17. The Morgan fingerprint density at radius 3 is 2.95 bits per heavy atom. The highest BCUT2D eigenvalue weighted by Gasteiger charge is 2.48. The molecule has 0 bridgehead atoms. The van der Waals surface area contributed by atoms with Gasteiger partial charge in [0.15, 0.2) is 6.61 Å². The number of benzene rings is 1. The van der Waals surface area contributed by atoms with Gasteiger partial charge in [-0.05, 0) is 24.6 Å². The first-order valence-electron chi connectivity index (χ1n) is 6.73. The topological polar surface area (TPSA) is 58.6 Å². The molecule has 2 atom stereocenters. The van der Waals surface area contributed by atoms with E-state index in [0.29, 0.717) is 5.75 Å². The van der Waals surface area contributed by atoms with E-state index in [1.54, 1.807) is 28.8 Å². The van der Waals surface area contributed by atoms with Crippen LogP contribution in [0.25, 0.3) is 0 Å². The minimum atomic E-state index is -0.439. The number of ether oxygens (including phenoxy) is 1. The van der Waals surface area contributed by atoms with E-state index in [0.717, 1.165) is 5.75 Å². The molecule has 2 aliphatic rings. The fourth-order valence-electron chi connectivity index (χ4n) is 2.31. The number of nitrogens with one attached hydrogen (secondary N) is 1. The molecule has 5 nitrogen and oxygen atoms in total. The summed E-state index contributed by atoms with van der Waals surface area (Å²) in [5, 5.41) is 2.76. The lowest BCUT2D eigenvalue weighted by Gasteiger charge is -2.47. The standard InChI is InChI=1S/C15H16N2O3S/c1-10-7-17-14(19)13(15(17)21-9-10)16-12(18)8-20-11-5-3-2-4-6-11/h2-7,13,15H,8-9H2,1H3,(H,16,18)/t13?,15-/m0/s1. The second-order valence-electron chi connectivity index (χ2n) is 5.07. The maximum Gasteiger partial charge on any atom is 0.258 e. The smallest absolute Gasteiger partial charge is 0.258 e. The van der Waals surface area contributed by atoms with Crippen LogP contribution in [0.5, 0.6) is 5.75 Å². The summed E-state index contributed by atoms with van der Waals surface area (Å²) >= 11 is 1.67. The molecule has 6 heteroatoms. The Labute approximate surface area is 127 Å². The van der Waals surface area contributed by atoms with Crippen molar-refractivity contribution in [1.82, 2.24) is 10.2 Å². The molecule has 2 heterocycles. The summed E-state index contributed by atoms with van der Waals surface area (Å²) in [5.74, 6) is 1.20. The van der Waals surface area contributed by atoms with Crippen molar-refractivity contribution >= 4 is 23.6 Å². The molecule has 1 N–H and O–H groups in total. The van der Waals surface area contributed by atoms with Crippen molar-refractivity contribution in [1.29, 1.82) is 0 Å². The van der Waals surface area contributed by atoms with Crippen LogP contribution in [0.1, 0.15) is 6.92 Å². The molecule has 2 aliphatic heterocycles. The summed E-state index contributed by atoms with van der Waals surface area (Å²) in [7, 11) is 0. The van der Waals surface area contributed by atoms with Crippen LogP contribution in [0.3, 0.4) is 0 Å². The lowest BCUT2D eigenvalue weighted by Crippen LogP contribution is -2.68. The lowest BCUT2D eigenvalue weighted by molar-refractivity contribution is -0.145. The van der Waals surface area contributed by atoms with Crippen LogP contribution in [0.2, 0.25) is 0 Å². The Balaban J connectivity index is 1.51. The van der Waals surface area contributed by atoms with E-state index in [9.17, 15) is 9.59 Å². The van der Waals surface area contributed by atoms with E-state index in [4.69, 9.17) is 4.74 Å². The van der Waals surface area contributed by atoms with Crippen molar-refractivity contribution in [3.63, 3.8) is 0 Å². The van der Waals surface area contributed by atoms with Crippen LogP contribution < -0.4 is 10.1 Å². The van der Waals surface area contributed by atoms with Crippen LogP contribution in [-0.4, -0.2) is 40.5 Å². The van der Waals surface area contributed by atoms with Gasteiger partial charge in [0, 0.05) is 12.0 Å². The van der Waals surface area contributed by atoms with Crippen molar-refractivity contribution < 1.29 is 14.3 Å². The number of carbonyl (C=O) groups is 2. The van der Waals surface area contributed by atoms with Gasteiger partial charge in [-0.3, -0.25) is 9.59 Å². The fourth-order valence-corrected chi connectivity index (χ4v) is 3.52. The van der Waals surface area contributed by atoms with Gasteiger partial charge in [0.25, 0.3) is 11.8 Å². The predicted molar refractivity (Wildman–Crippen MR) is 80.7 cm³/mol. The minimum absolute atomic E-state index is 0.0156. The molecular weight excluding hydrogens is 288 g/mol. The zero-order chi connectivity index (χ0) is 14.8. The molecule has 2 amide bonds. The fraction of sp³-hybridized carbons (Fsp3) is 0.333. The maximum atomic E-state index is 12.0. The van der Waals surface area contributed by atoms with Crippen LogP contribution in [0.4, 0.5) is 0 Å². The summed E-state index contributed by atoms with van der Waals surface area (Å²) in [4.78, 5) is 25.5. The summed E-state index contributed by atoms with van der Waals surface area (Å²) in [6, 6.07) is 8.69. The first-order chi connectivity index (χ1) is 10.1. The molecular formula is C15H16N2O3S. The van der Waals surface area contributed by atoms with Crippen molar-refractivity contribution in [2.75, 3.05) is 12.4 Å². The molecule has 1 aromatic rings. The molecule has 0 spiro atoms. The zero-order valence-corrected chi connectivity index (χ0v) is 12.4. The highest BCUT2D eigenvalue weighted by Crippen LogP contribution is 2.35. The molecule has 1 aromatic carbocycles. The number of amides is 2. The largest absolute Gasteiger partial charge is 0.484 e.